The van der Waals surface area contributed by atoms with Crippen LogP contribution in [0.1, 0.15) is 20.8 Å². The molecule has 0 aliphatic carbocycles. The lowest BCUT2D eigenvalue weighted by atomic mass is 10.1. The number of thiophene rings is 1. The Labute approximate surface area is 210 Å². The summed E-state index contributed by atoms with van der Waals surface area (Å²) >= 11 is 7.77. The van der Waals surface area contributed by atoms with Crippen molar-refractivity contribution in [2.24, 2.45) is 0 Å². The fourth-order valence-corrected chi connectivity index (χ4v) is 5.27. The van der Waals surface area contributed by atoms with Crippen LogP contribution in [-0.2, 0) is 11.4 Å². The van der Waals surface area contributed by atoms with E-state index in [9.17, 15) is 9.59 Å². The summed E-state index contributed by atoms with van der Waals surface area (Å²) in [5.41, 5.74) is 4.40. The number of nitrogens with zero attached hydrogens (tertiary/aromatic N) is 1. The highest BCUT2D eigenvalue weighted by Crippen LogP contribution is 2.33. The van der Waals surface area contributed by atoms with Gasteiger partial charge < -0.3 is 4.74 Å². The molecule has 168 valence electrons. The number of para-hydroxylation sites is 1. The zero-order chi connectivity index (χ0) is 23.5. The molecule has 3 aromatic carbocycles. The molecule has 4 aromatic rings. The predicted molar refractivity (Wildman–Crippen MR) is 142 cm³/mol. The van der Waals surface area contributed by atoms with Crippen LogP contribution < -0.4 is 10.2 Å². The highest BCUT2D eigenvalue weighted by molar-refractivity contribution is 8.26. The molecule has 1 N–H and O–H groups in total. The minimum Gasteiger partial charge on any atom is -0.488 e. The Hall–Kier alpha value is -3.46. The number of benzene rings is 3. The maximum absolute atomic E-state index is 12.9. The molecule has 1 aliphatic rings. The highest BCUT2D eigenvalue weighted by atomic mass is 32.2. The van der Waals surface area contributed by atoms with Crippen LogP contribution in [0.25, 0.3) is 16.8 Å². The van der Waals surface area contributed by atoms with Crippen molar-refractivity contribution in [2.45, 2.75) is 6.61 Å². The number of rotatable bonds is 6. The van der Waals surface area contributed by atoms with Gasteiger partial charge in [0.15, 0.2) is 4.32 Å². The SMILES string of the molecule is O=C(NN1C(=O)/C(=C/c2ccccc2OCc2ccc3ccccc3c2)SC1=S)c1cccs1. The molecule has 8 heteroatoms. The number of carbonyl (C=O) groups is 2. The minimum atomic E-state index is -0.371. The van der Waals surface area contributed by atoms with E-state index in [0.717, 1.165) is 33.3 Å². The summed E-state index contributed by atoms with van der Waals surface area (Å²) in [5, 5.41) is 5.26. The van der Waals surface area contributed by atoms with Crippen molar-refractivity contribution >= 4 is 68.3 Å². The van der Waals surface area contributed by atoms with Gasteiger partial charge in [-0.05, 0) is 58.2 Å². The zero-order valence-corrected chi connectivity index (χ0v) is 20.2. The van der Waals surface area contributed by atoms with Crippen LogP contribution in [0.3, 0.4) is 0 Å². The molecular formula is C26H18N2O3S3. The number of amides is 2. The first-order valence-electron chi connectivity index (χ1n) is 10.4. The second kappa shape index (κ2) is 9.80. The number of carbonyl (C=O) groups excluding carboxylic acids is 2. The first kappa shape index (κ1) is 22.3. The van der Waals surface area contributed by atoms with E-state index in [4.69, 9.17) is 17.0 Å². The summed E-state index contributed by atoms with van der Waals surface area (Å²) in [5.74, 6) is -0.0838. The van der Waals surface area contributed by atoms with Crippen molar-refractivity contribution in [3.8, 4) is 5.75 Å². The second-order valence-electron chi connectivity index (χ2n) is 7.44. The van der Waals surface area contributed by atoms with Crippen molar-refractivity contribution in [3.05, 3.63) is 105 Å². The van der Waals surface area contributed by atoms with Crippen molar-refractivity contribution in [3.63, 3.8) is 0 Å². The van der Waals surface area contributed by atoms with Crippen LogP contribution in [0.15, 0.2) is 89.1 Å². The number of thiocarbonyl (C=S) groups is 1. The lowest BCUT2D eigenvalue weighted by Crippen LogP contribution is -2.44. The topological polar surface area (TPSA) is 58.6 Å². The Kier molecular flexibility index (Phi) is 6.44. The fourth-order valence-electron chi connectivity index (χ4n) is 3.49. The third-order valence-corrected chi connectivity index (χ3v) is 7.34. The Morgan fingerprint density at radius 2 is 1.79 bits per heavy atom. The van der Waals surface area contributed by atoms with Gasteiger partial charge in [0.25, 0.3) is 11.8 Å². The minimum absolute atomic E-state index is 0.274. The molecular weight excluding hydrogens is 484 g/mol. The van der Waals surface area contributed by atoms with E-state index in [1.165, 1.54) is 16.7 Å². The first-order valence-corrected chi connectivity index (χ1v) is 12.5. The van der Waals surface area contributed by atoms with Gasteiger partial charge in [0.05, 0.1) is 9.78 Å². The smallest absolute Gasteiger partial charge is 0.285 e. The number of fused-ring (bicyclic) bond motifs is 1. The number of hydrogen-bond donors (Lipinski definition) is 1. The maximum Gasteiger partial charge on any atom is 0.285 e. The van der Waals surface area contributed by atoms with Gasteiger partial charge in [0.1, 0.15) is 12.4 Å². The highest BCUT2D eigenvalue weighted by Gasteiger charge is 2.34. The number of thioether (sulfide) groups is 1. The molecule has 2 amide bonds. The van der Waals surface area contributed by atoms with Crippen LogP contribution in [0, 0.1) is 0 Å². The summed E-state index contributed by atoms with van der Waals surface area (Å²) < 4.78 is 6.38. The third-order valence-electron chi connectivity index (χ3n) is 5.17. The molecule has 1 saturated heterocycles. The summed E-state index contributed by atoms with van der Waals surface area (Å²) in [4.78, 5) is 26.2. The molecule has 34 heavy (non-hydrogen) atoms. The first-order chi connectivity index (χ1) is 16.6. The van der Waals surface area contributed by atoms with E-state index in [1.807, 2.05) is 42.5 Å². The molecule has 2 heterocycles. The standard InChI is InChI=1S/C26H18N2O3S3/c29-24(22-10-5-13-33-22)27-28-25(30)23(34-26(28)32)15-20-8-3-4-9-21(20)31-16-17-11-12-18-6-1-2-7-19(18)14-17/h1-15H,16H2,(H,27,29)/b23-15-. The van der Waals surface area contributed by atoms with Crippen LogP contribution in [0.2, 0.25) is 0 Å². The van der Waals surface area contributed by atoms with Gasteiger partial charge >= 0.3 is 0 Å². The van der Waals surface area contributed by atoms with E-state index in [1.54, 1.807) is 23.6 Å². The average Bonchev–Trinajstić information content (AvgIpc) is 3.48. The number of hydrogen-bond acceptors (Lipinski definition) is 6. The van der Waals surface area contributed by atoms with Crippen LogP contribution >= 0.6 is 35.3 Å². The largest absolute Gasteiger partial charge is 0.488 e. The van der Waals surface area contributed by atoms with Crippen molar-refractivity contribution in [1.82, 2.24) is 10.4 Å². The molecule has 0 spiro atoms. The molecule has 5 rings (SSSR count). The summed E-state index contributed by atoms with van der Waals surface area (Å²) in [6.07, 6.45) is 1.74. The van der Waals surface area contributed by atoms with E-state index >= 15 is 0 Å². The molecule has 1 fully saturated rings. The van der Waals surface area contributed by atoms with Gasteiger partial charge in [0, 0.05) is 5.56 Å². The molecule has 1 aromatic heterocycles. The fraction of sp³-hybridized carbons (Fsp3) is 0.0385. The monoisotopic (exact) mass is 502 g/mol. The summed E-state index contributed by atoms with van der Waals surface area (Å²) in [7, 11) is 0. The quantitative estimate of drug-likeness (QED) is 0.258. The van der Waals surface area contributed by atoms with Crippen molar-refractivity contribution in [2.75, 3.05) is 0 Å². The molecule has 5 nitrogen and oxygen atoms in total. The Balaban J connectivity index is 1.32. The molecule has 0 saturated carbocycles. The van der Waals surface area contributed by atoms with E-state index in [0.29, 0.717) is 22.1 Å². The Morgan fingerprint density at radius 3 is 2.62 bits per heavy atom. The number of ether oxygens (including phenoxy) is 1. The maximum atomic E-state index is 12.9. The number of hydrazine groups is 1. The van der Waals surface area contributed by atoms with Gasteiger partial charge in [-0.1, -0.05) is 72.4 Å². The molecule has 0 radical (unpaired) electrons. The Bertz CT molecular complexity index is 1430. The number of nitrogens with one attached hydrogen (secondary N) is 1. The van der Waals surface area contributed by atoms with Crippen molar-refractivity contribution in [1.29, 1.82) is 0 Å². The normalized spacial score (nSPS) is 14.7. The molecule has 0 atom stereocenters. The van der Waals surface area contributed by atoms with Crippen LogP contribution in [-0.4, -0.2) is 21.1 Å². The molecule has 1 aliphatic heterocycles. The van der Waals surface area contributed by atoms with Crippen molar-refractivity contribution < 1.29 is 14.3 Å². The van der Waals surface area contributed by atoms with Crippen LogP contribution in [0.5, 0.6) is 5.75 Å². The summed E-state index contributed by atoms with van der Waals surface area (Å²) in [6.45, 7) is 0.396. The van der Waals surface area contributed by atoms with Gasteiger partial charge in [-0.3, -0.25) is 15.0 Å². The van der Waals surface area contributed by atoms with Crippen LogP contribution in [0.4, 0.5) is 0 Å². The lowest BCUT2D eigenvalue weighted by molar-refractivity contribution is -0.123. The lowest BCUT2D eigenvalue weighted by Gasteiger charge is -2.14. The average molecular weight is 503 g/mol. The van der Waals surface area contributed by atoms with E-state index < -0.39 is 0 Å². The molecule has 0 unspecified atom stereocenters. The third kappa shape index (κ3) is 4.75. The predicted octanol–water partition coefficient (Wildman–Crippen LogP) is 6.03. The molecule has 0 bridgehead atoms. The summed E-state index contributed by atoms with van der Waals surface area (Å²) in [6, 6.07) is 25.4. The van der Waals surface area contributed by atoms with E-state index in [-0.39, 0.29) is 16.1 Å². The second-order valence-corrected chi connectivity index (χ2v) is 10.1. The Morgan fingerprint density at radius 1 is 1.00 bits per heavy atom. The van der Waals surface area contributed by atoms with Gasteiger partial charge in [0.2, 0.25) is 0 Å². The van der Waals surface area contributed by atoms with Gasteiger partial charge in [-0.2, -0.15) is 5.01 Å². The zero-order valence-electron chi connectivity index (χ0n) is 17.8. The van der Waals surface area contributed by atoms with Gasteiger partial charge in [-0.25, -0.2) is 0 Å². The van der Waals surface area contributed by atoms with E-state index in [2.05, 4.69) is 29.7 Å². The van der Waals surface area contributed by atoms with Gasteiger partial charge in [-0.15, -0.1) is 11.3 Å².